The fraction of sp³-hybridized carbons (Fsp3) is 0.500. The normalized spacial score (nSPS) is 17.6. The molecule has 38 heavy (non-hydrogen) atoms. The monoisotopic (exact) mass is 575 g/mol. The Hall–Kier alpha value is -2.87. The van der Waals surface area contributed by atoms with Crippen LogP contribution in [-0.2, 0) is 25.9 Å². The van der Waals surface area contributed by atoms with Gasteiger partial charge in [0.25, 0.3) is 5.91 Å². The Morgan fingerprint density at radius 2 is 1.61 bits per heavy atom. The third kappa shape index (κ3) is 6.22. The largest absolute Gasteiger partial charge is 0.488 e. The second-order valence-corrected chi connectivity index (χ2v) is 13.5. The van der Waals surface area contributed by atoms with Crippen molar-refractivity contribution in [3.8, 4) is 5.75 Å². The van der Waals surface area contributed by atoms with Crippen LogP contribution in [0.5, 0.6) is 5.75 Å². The minimum Gasteiger partial charge on any atom is -0.488 e. The molecule has 2 aromatic rings. The maximum Gasteiger partial charge on any atom is 0.433 e. The van der Waals surface area contributed by atoms with E-state index in [1.165, 1.54) is 11.0 Å². The molecular formula is C24H28F3N3O6S2. The summed E-state index contributed by atoms with van der Waals surface area (Å²) in [5, 5.41) is 0. The summed E-state index contributed by atoms with van der Waals surface area (Å²) in [6.07, 6.45) is 1.30. The average molecular weight is 576 g/mol. The number of rotatable bonds is 6. The number of amides is 1. The first-order valence-electron chi connectivity index (χ1n) is 12.0. The number of halogens is 3. The highest BCUT2D eigenvalue weighted by Crippen LogP contribution is 2.36. The Bertz CT molecular complexity index is 1410. The second kappa shape index (κ2) is 10.4. The predicted molar refractivity (Wildman–Crippen MR) is 133 cm³/mol. The Kier molecular flexibility index (Phi) is 7.67. The quantitative estimate of drug-likeness (QED) is 0.516. The SMILES string of the molecule is CS(=O)(=O)c1cc(C(=O)N2CCN(c3ccc(C(F)(F)F)nc3)CC2)c(OC2CCCC2)c(S(C)(=O)=O)c1. The molecule has 1 aromatic heterocycles. The van der Waals surface area contributed by atoms with Crippen LogP contribution in [0.25, 0.3) is 0 Å². The summed E-state index contributed by atoms with van der Waals surface area (Å²) in [6, 6.07) is 4.39. The lowest BCUT2D eigenvalue weighted by molar-refractivity contribution is -0.141. The summed E-state index contributed by atoms with van der Waals surface area (Å²) >= 11 is 0. The number of alkyl halides is 3. The van der Waals surface area contributed by atoms with Gasteiger partial charge in [0, 0.05) is 38.7 Å². The van der Waals surface area contributed by atoms with Gasteiger partial charge < -0.3 is 14.5 Å². The molecule has 2 fully saturated rings. The van der Waals surface area contributed by atoms with Crippen molar-refractivity contribution in [1.29, 1.82) is 0 Å². The van der Waals surface area contributed by atoms with Gasteiger partial charge in [0.05, 0.1) is 28.4 Å². The number of pyridine rings is 1. The van der Waals surface area contributed by atoms with Crippen LogP contribution in [0.2, 0.25) is 0 Å². The van der Waals surface area contributed by atoms with Crippen LogP contribution in [0.4, 0.5) is 18.9 Å². The number of carbonyl (C=O) groups excluding carboxylic acids is 1. The summed E-state index contributed by atoms with van der Waals surface area (Å²) in [5.41, 5.74) is -0.684. The minimum atomic E-state index is -4.55. The molecular weight excluding hydrogens is 547 g/mol. The molecule has 0 spiro atoms. The van der Waals surface area contributed by atoms with Gasteiger partial charge in [-0.25, -0.2) is 21.8 Å². The Balaban J connectivity index is 1.63. The van der Waals surface area contributed by atoms with Gasteiger partial charge in [-0.15, -0.1) is 0 Å². The van der Waals surface area contributed by atoms with Crippen molar-refractivity contribution < 1.29 is 39.5 Å². The van der Waals surface area contributed by atoms with E-state index < -0.39 is 37.5 Å². The van der Waals surface area contributed by atoms with E-state index in [9.17, 15) is 34.8 Å². The number of carbonyl (C=O) groups is 1. The first kappa shape index (κ1) is 28.1. The van der Waals surface area contributed by atoms with E-state index in [0.717, 1.165) is 49.7 Å². The lowest BCUT2D eigenvalue weighted by atomic mass is 10.1. The lowest BCUT2D eigenvalue weighted by Crippen LogP contribution is -2.49. The molecule has 0 atom stereocenters. The van der Waals surface area contributed by atoms with Gasteiger partial charge in [0.15, 0.2) is 25.4 Å². The van der Waals surface area contributed by atoms with E-state index in [4.69, 9.17) is 4.74 Å². The molecule has 9 nitrogen and oxygen atoms in total. The van der Waals surface area contributed by atoms with Crippen molar-refractivity contribution in [3.05, 3.63) is 41.7 Å². The topological polar surface area (TPSA) is 114 Å². The van der Waals surface area contributed by atoms with Gasteiger partial charge in [0.1, 0.15) is 10.6 Å². The molecule has 1 aromatic carbocycles. The third-order valence-corrected chi connectivity index (χ3v) is 8.84. The molecule has 2 heterocycles. The molecule has 1 aliphatic heterocycles. The molecule has 208 valence electrons. The van der Waals surface area contributed by atoms with E-state index in [0.29, 0.717) is 18.5 Å². The van der Waals surface area contributed by atoms with Crippen LogP contribution >= 0.6 is 0 Å². The molecule has 1 amide bonds. The number of hydrogen-bond donors (Lipinski definition) is 0. The fourth-order valence-corrected chi connectivity index (χ4v) is 6.17. The van der Waals surface area contributed by atoms with Gasteiger partial charge in [-0.05, 0) is 49.9 Å². The highest BCUT2D eigenvalue weighted by molar-refractivity contribution is 7.91. The molecule has 2 aliphatic rings. The molecule has 14 heteroatoms. The number of benzene rings is 1. The van der Waals surface area contributed by atoms with Crippen LogP contribution in [-0.4, -0.2) is 77.4 Å². The number of nitrogens with zero attached hydrogens (tertiary/aromatic N) is 3. The molecule has 0 N–H and O–H groups in total. The number of aromatic nitrogens is 1. The summed E-state index contributed by atoms with van der Waals surface area (Å²) in [7, 11) is -7.82. The Labute approximate surface area is 219 Å². The molecule has 0 radical (unpaired) electrons. The van der Waals surface area contributed by atoms with Crippen LogP contribution in [0, 0.1) is 0 Å². The molecule has 1 aliphatic carbocycles. The van der Waals surface area contributed by atoms with Gasteiger partial charge in [-0.1, -0.05) is 0 Å². The van der Waals surface area contributed by atoms with Crippen LogP contribution < -0.4 is 9.64 Å². The van der Waals surface area contributed by atoms with E-state index >= 15 is 0 Å². The first-order chi connectivity index (χ1) is 17.6. The predicted octanol–water partition coefficient (Wildman–Crippen LogP) is 3.19. The zero-order valence-electron chi connectivity index (χ0n) is 20.9. The zero-order chi connectivity index (χ0) is 27.9. The van der Waals surface area contributed by atoms with Crippen molar-refractivity contribution >= 4 is 31.3 Å². The van der Waals surface area contributed by atoms with E-state index in [1.54, 1.807) is 4.90 Å². The summed E-state index contributed by atoms with van der Waals surface area (Å²) < 4.78 is 94.6. The number of piperazine rings is 1. The molecule has 4 rings (SSSR count). The summed E-state index contributed by atoms with van der Waals surface area (Å²) in [6.45, 7) is 0.894. The molecule has 0 bridgehead atoms. The summed E-state index contributed by atoms with van der Waals surface area (Å²) in [5.74, 6) is -0.732. The Morgan fingerprint density at radius 3 is 2.11 bits per heavy atom. The molecule has 0 unspecified atom stereocenters. The Morgan fingerprint density at radius 1 is 0.974 bits per heavy atom. The van der Waals surface area contributed by atoms with E-state index in [1.807, 2.05) is 0 Å². The van der Waals surface area contributed by atoms with E-state index in [-0.39, 0.29) is 53.4 Å². The van der Waals surface area contributed by atoms with Gasteiger partial charge in [-0.2, -0.15) is 13.2 Å². The minimum absolute atomic E-state index is 0.147. The molecule has 1 saturated carbocycles. The van der Waals surface area contributed by atoms with Crippen LogP contribution in [0.15, 0.2) is 40.3 Å². The van der Waals surface area contributed by atoms with Crippen molar-refractivity contribution in [2.75, 3.05) is 43.6 Å². The fourth-order valence-electron chi connectivity index (χ4n) is 4.60. The maximum absolute atomic E-state index is 13.7. The number of anilines is 1. The maximum atomic E-state index is 13.7. The number of sulfone groups is 2. The van der Waals surface area contributed by atoms with Crippen LogP contribution in [0.1, 0.15) is 41.7 Å². The van der Waals surface area contributed by atoms with Crippen molar-refractivity contribution in [1.82, 2.24) is 9.88 Å². The smallest absolute Gasteiger partial charge is 0.433 e. The third-order valence-electron chi connectivity index (χ3n) is 6.64. The average Bonchev–Trinajstić information content (AvgIpc) is 3.35. The van der Waals surface area contributed by atoms with Gasteiger partial charge in [0.2, 0.25) is 0 Å². The number of ether oxygens (including phenoxy) is 1. The highest BCUT2D eigenvalue weighted by atomic mass is 32.2. The van der Waals surface area contributed by atoms with Gasteiger partial charge in [-0.3, -0.25) is 4.79 Å². The van der Waals surface area contributed by atoms with E-state index in [2.05, 4.69) is 4.98 Å². The first-order valence-corrected chi connectivity index (χ1v) is 15.7. The van der Waals surface area contributed by atoms with Crippen molar-refractivity contribution in [2.24, 2.45) is 0 Å². The molecule has 1 saturated heterocycles. The highest BCUT2D eigenvalue weighted by Gasteiger charge is 2.34. The van der Waals surface area contributed by atoms with Crippen molar-refractivity contribution in [2.45, 2.75) is 47.8 Å². The zero-order valence-corrected chi connectivity index (χ0v) is 22.5. The second-order valence-electron chi connectivity index (χ2n) is 9.55. The lowest BCUT2D eigenvalue weighted by Gasteiger charge is -2.36. The van der Waals surface area contributed by atoms with Crippen LogP contribution in [0.3, 0.4) is 0 Å². The summed E-state index contributed by atoms with van der Waals surface area (Å²) in [4.78, 5) is 19.7. The number of hydrogen-bond acceptors (Lipinski definition) is 8. The standard InChI is InChI=1S/C24H28F3N3O6S2/c1-37(32,33)18-13-19(22(20(14-18)38(2,34)35)36-17-5-3-4-6-17)23(31)30-11-9-29(10-12-30)16-7-8-21(28-15-16)24(25,26)27/h7-8,13-15,17H,3-6,9-12H2,1-2H3. The van der Waals surface area contributed by atoms with Gasteiger partial charge >= 0.3 is 6.18 Å². The van der Waals surface area contributed by atoms with Crippen molar-refractivity contribution in [3.63, 3.8) is 0 Å².